The van der Waals surface area contributed by atoms with E-state index in [9.17, 15) is 23.8 Å². The Labute approximate surface area is 165 Å². The number of nitrogens with zero attached hydrogens (tertiary/aromatic N) is 1. The molecule has 154 valence electrons. The number of amides is 1. The second kappa shape index (κ2) is 6.93. The number of primary amides is 1. The second-order valence-corrected chi connectivity index (χ2v) is 7.25. The zero-order valence-electron chi connectivity index (χ0n) is 15.5. The highest BCUT2D eigenvalue weighted by Gasteiger charge is 2.68. The summed E-state index contributed by atoms with van der Waals surface area (Å²) in [6.07, 6.45) is -4.95. The Kier molecular flexibility index (Phi) is 4.66. The first-order valence-corrected chi connectivity index (χ1v) is 9.06. The number of aliphatic hydroxyl groups is 2. The van der Waals surface area contributed by atoms with Gasteiger partial charge in [-0.15, -0.1) is 0 Å². The van der Waals surface area contributed by atoms with Crippen LogP contribution in [-0.2, 0) is 16.8 Å². The summed E-state index contributed by atoms with van der Waals surface area (Å²) in [7, 11) is 1.32. The van der Waals surface area contributed by atoms with Crippen molar-refractivity contribution in [2.24, 2.45) is 11.7 Å². The molecular weight excluding hydrogens is 386 g/mol. The maximum absolute atomic E-state index is 13.0. The number of aliphatic hydroxyl groups excluding tert-OH is 1. The van der Waals surface area contributed by atoms with Crippen LogP contribution < -0.4 is 15.2 Å². The Hall–Kier alpha value is -2.78. The number of benzene rings is 1. The summed E-state index contributed by atoms with van der Waals surface area (Å²) >= 11 is 0. The van der Waals surface area contributed by atoms with Crippen molar-refractivity contribution in [3.05, 3.63) is 53.3 Å². The average molecular weight is 406 g/mol. The van der Waals surface area contributed by atoms with Gasteiger partial charge >= 0.3 is 0 Å². The van der Waals surface area contributed by atoms with E-state index in [1.165, 1.54) is 13.3 Å². The molecule has 5 atom stereocenters. The lowest BCUT2D eigenvalue weighted by atomic mass is 9.86. The largest absolute Gasteiger partial charge is 0.495 e. The van der Waals surface area contributed by atoms with Crippen molar-refractivity contribution < 1.29 is 33.3 Å². The lowest BCUT2D eigenvalue weighted by Gasteiger charge is -2.27. The topological polar surface area (TPSA) is 115 Å². The Balaban J connectivity index is 1.92. The molecule has 9 heteroatoms. The Morgan fingerprint density at radius 1 is 1.38 bits per heavy atom. The third kappa shape index (κ3) is 2.76. The number of pyridine rings is 1. The number of alkyl halides is 2. The SMILES string of the molecule is COc1cnc(CC(F)F)c2c1C1(O)C(O)C(C(N)=O)C(c3ccccc3)C1O2. The van der Waals surface area contributed by atoms with E-state index in [0.29, 0.717) is 5.56 Å². The van der Waals surface area contributed by atoms with E-state index in [1.54, 1.807) is 30.3 Å². The van der Waals surface area contributed by atoms with Gasteiger partial charge in [0.05, 0.1) is 36.9 Å². The molecule has 1 amide bonds. The maximum Gasteiger partial charge on any atom is 0.244 e. The molecule has 1 fully saturated rings. The van der Waals surface area contributed by atoms with Crippen molar-refractivity contribution in [3.8, 4) is 11.5 Å². The second-order valence-electron chi connectivity index (χ2n) is 7.25. The highest BCUT2D eigenvalue weighted by molar-refractivity contribution is 5.80. The molecule has 0 bridgehead atoms. The summed E-state index contributed by atoms with van der Waals surface area (Å²) in [4.78, 5) is 16.2. The molecular formula is C20H20F2N2O5. The fraction of sp³-hybridized carbons (Fsp3) is 0.400. The Morgan fingerprint density at radius 3 is 2.66 bits per heavy atom. The molecule has 0 radical (unpaired) electrons. The molecule has 1 aliphatic carbocycles. The number of hydrogen-bond donors (Lipinski definition) is 3. The van der Waals surface area contributed by atoms with Crippen molar-refractivity contribution in [1.29, 1.82) is 0 Å². The number of fused-ring (bicyclic) bond motifs is 3. The highest BCUT2D eigenvalue weighted by atomic mass is 19.3. The zero-order valence-corrected chi connectivity index (χ0v) is 15.5. The average Bonchev–Trinajstić information content (AvgIpc) is 3.11. The van der Waals surface area contributed by atoms with Gasteiger partial charge in [0.15, 0.2) is 11.4 Å². The van der Waals surface area contributed by atoms with Gasteiger partial charge in [-0.25, -0.2) is 8.78 Å². The van der Waals surface area contributed by atoms with E-state index in [1.807, 2.05) is 0 Å². The van der Waals surface area contributed by atoms with Gasteiger partial charge < -0.3 is 25.4 Å². The van der Waals surface area contributed by atoms with Gasteiger partial charge in [-0.3, -0.25) is 9.78 Å². The lowest BCUT2D eigenvalue weighted by Crippen LogP contribution is -2.44. The van der Waals surface area contributed by atoms with Crippen LogP contribution in [0.15, 0.2) is 36.5 Å². The van der Waals surface area contributed by atoms with Crippen molar-refractivity contribution >= 4 is 5.91 Å². The third-order valence-corrected chi connectivity index (χ3v) is 5.74. The quantitative estimate of drug-likeness (QED) is 0.685. The molecule has 2 heterocycles. The molecule has 2 aromatic rings. The predicted octanol–water partition coefficient (Wildman–Crippen LogP) is 1.11. The van der Waals surface area contributed by atoms with E-state index in [2.05, 4.69) is 4.98 Å². The number of nitrogens with two attached hydrogens (primary N) is 1. The number of carbonyl (C=O) groups excluding carboxylic acids is 1. The number of aromatic nitrogens is 1. The van der Waals surface area contributed by atoms with Crippen LogP contribution in [0.1, 0.15) is 22.7 Å². The number of methoxy groups -OCH3 is 1. The van der Waals surface area contributed by atoms with Crippen molar-refractivity contribution in [3.63, 3.8) is 0 Å². The number of hydrogen-bond acceptors (Lipinski definition) is 6. The molecule has 1 aliphatic heterocycles. The van der Waals surface area contributed by atoms with Gasteiger partial charge in [-0.05, 0) is 5.56 Å². The highest BCUT2D eigenvalue weighted by Crippen LogP contribution is 2.60. The van der Waals surface area contributed by atoms with Crippen LogP contribution in [0.5, 0.6) is 11.5 Å². The summed E-state index contributed by atoms with van der Waals surface area (Å²) in [6, 6.07) is 8.70. The minimum atomic E-state index is -2.69. The number of carbonyl (C=O) groups is 1. The van der Waals surface area contributed by atoms with Crippen LogP contribution in [0.4, 0.5) is 8.78 Å². The predicted molar refractivity (Wildman–Crippen MR) is 96.7 cm³/mol. The van der Waals surface area contributed by atoms with Gasteiger partial charge in [0.25, 0.3) is 0 Å². The lowest BCUT2D eigenvalue weighted by molar-refractivity contribution is -0.131. The van der Waals surface area contributed by atoms with E-state index in [-0.39, 0.29) is 22.8 Å². The van der Waals surface area contributed by atoms with Crippen LogP contribution in [0, 0.1) is 5.92 Å². The monoisotopic (exact) mass is 406 g/mol. The standard InChI is InChI=1S/C20H20F2N2O5/c1-28-11-8-24-10(7-12(21)22)16-15(11)20(27)17(25)14(19(23)26)13(18(20)29-16)9-5-3-2-4-6-9/h2-6,8,12-14,17-18,25,27H,7H2,1H3,(H2,23,26). The third-order valence-electron chi connectivity index (χ3n) is 5.74. The molecule has 29 heavy (non-hydrogen) atoms. The van der Waals surface area contributed by atoms with Gasteiger partial charge in [0.2, 0.25) is 12.3 Å². The van der Waals surface area contributed by atoms with Crippen LogP contribution in [0.3, 0.4) is 0 Å². The molecule has 1 aromatic carbocycles. The minimum absolute atomic E-state index is 0.00725. The van der Waals surface area contributed by atoms with Gasteiger partial charge in [0.1, 0.15) is 18.0 Å². The first-order chi connectivity index (χ1) is 13.8. The molecule has 0 spiro atoms. The van der Waals surface area contributed by atoms with Gasteiger partial charge in [-0.2, -0.15) is 0 Å². The summed E-state index contributed by atoms with van der Waals surface area (Å²) < 4.78 is 37.3. The fourth-order valence-electron chi connectivity index (χ4n) is 4.54. The summed E-state index contributed by atoms with van der Waals surface area (Å²) in [5.74, 6) is -2.75. The molecule has 2 aliphatic rings. The molecule has 1 saturated carbocycles. The fourth-order valence-corrected chi connectivity index (χ4v) is 4.54. The van der Waals surface area contributed by atoms with Crippen LogP contribution >= 0.6 is 0 Å². The Morgan fingerprint density at radius 2 is 2.07 bits per heavy atom. The van der Waals surface area contributed by atoms with E-state index < -0.39 is 48.4 Å². The zero-order chi connectivity index (χ0) is 20.9. The van der Waals surface area contributed by atoms with Crippen molar-refractivity contribution in [2.75, 3.05) is 7.11 Å². The molecule has 1 aromatic heterocycles. The van der Waals surface area contributed by atoms with E-state index in [4.69, 9.17) is 15.2 Å². The van der Waals surface area contributed by atoms with Crippen molar-refractivity contribution in [1.82, 2.24) is 4.98 Å². The van der Waals surface area contributed by atoms with Gasteiger partial charge in [0, 0.05) is 5.92 Å². The normalized spacial score (nSPS) is 30.0. The van der Waals surface area contributed by atoms with Crippen LogP contribution in [-0.4, -0.2) is 46.8 Å². The number of halogens is 2. The molecule has 4 N–H and O–H groups in total. The molecule has 7 nitrogen and oxygen atoms in total. The van der Waals surface area contributed by atoms with Crippen LogP contribution in [0.25, 0.3) is 0 Å². The molecule has 4 rings (SSSR count). The number of rotatable bonds is 5. The Bertz CT molecular complexity index is 942. The first kappa shape index (κ1) is 19.5. The molecule has 0 saturated heterocycles. The summed E-state index contributed by atoms with van der Waals surface area (Å²) in [5.41, 5.74) is 4.04. The summed E-state index contributed by atoms with van der Waals surface area (Å²) in [5, 5.41) is 22.6. The maximum atomic E-state index is 13.0. The smallest absolute Gasteiger partial charge is 0.244 e. The van der Waals surface area contributed by atoms with Crippen molar-refractivity contribution in [2.45, 2.75) is 36.6 Å². The summed E-state index contributed by atoms with van der Waals surface area (Å²) in [6.45, 7) is 0. The first-order valence-electron chi connectivity index (χ1n) is 9.06. The van der Waals surface area contributed by atoms with E-state index in [0.717, 1.165) is 0 Å². The van der Waals surface area contributed by atoms with Crippen LogP contribution in [0.2, 0.25) is 0 Å². The number of ether oxygens (including phenoxy) is 2. The molecule has 5 unspecified atom stereocenters. The van der Waals surface area contributed by atoms with Gasteiger partial charge in [-0.1, -0.05) is 30.3 Å². The van der Waals surface area contributed by atoms with E-state index >= 15 is 0 Å². The minimum Gasteiger partial charge on any atom is -0.495 e.